The molecule has 0 amide bonds. The monoisotopic (exact) mass is 717 g/mol. The molecule has 5 fully saturated rings. The molecular weight excluding hydrogens is 658 g/mol. The Morgan fingerprint density at radius 1 is 0.765 bits per heavy atom. The minimum absolute atomic E-state index is 0.0745. The van der Waals surface area contributed by atoms with Crippen molar-refractivity contribution >= 4 is 23.9 Å². The number of carbonyl (C=O) groups is 4. The highest BCUT2D eigenvalue weighted by Gasteiger charge is 2.41. The molecule has 12 nitrogen and oxygen atoms in total. The van der Waals surface area contributed by atoms with E-state index in [2.05, 4.69) is 33.2 Å². The van der Waals surface area contributed by atoms with Crippen LogP contribution in [0.25, 0.3) is 0 Å². The summed E-state index contributed by atoms with van der Waals surface area (Å²) in [5.74, 6) is 0.291. The summed E-state index contributed by atoms with van der Waals surface area (Å²) in [6.07, 6.45) is 8.43. The third-order valence-corrected chi connectivity index (χ3v) is 8.63. The van der Waals surface area contributed by atoms with Crippen molar-refractivity contribution in [2.24, 2.45) is 17.3 Å². The molecule has 0 aromatic carbocycles. The maximum atomic E-state index is 11.3. The number of nitriles is 1. The molecule has 5 atom stereocenters. The summed E-state index contributed by atoms with van der Waals surface area (Å²) in [6, 6.07) is 1.75. The average Bonchev–Trinajstić information content (AvgIpc) is 3.38. The van der Waals surface area contributed by atoms with Crippen molar-refractivity contribution in [3.63, 3.8) is 0 Å². The van der Waals surface area contributed by atoms with E-state index in [4.69, 9.17) is 38.4 Å². The minimum Gasteiger partial charge on any atom is -0.462 e. The van der Waals surface area contributed by atoms with E-state index in [1.165, 1.54) is 26.2 Å². The second-order valence-electron chi connectivity index (χ2n) is 13.7. The fraction of sp³-hybridized carbons (Fsp3) is 0.667. The normalized spacial score (nSPS) is 23.7. The third kappa shape index (κ3) is 18.3. The quantitative estimate of drug-likeness (QED) is 0.0983. The van der Waals surface area contributed by atoms with Crippen LogP contribution in [-0.2, 0) is 52.3 Å². The first-order chi connectivity index (χ1) is 24.1. The maximum Gasteiger partial charge on any atom is 0.333 e. The van der Waals surface area contributed by atoms with Gasteiger partial charge in [-0.1, -0.05) is 33.2 Å². The zero-order valence-corrected chi connectivity index (χ0v) is 31.6. The van der Waals surface area contributed by atoms with Crippen LogP contribution in [0, 0.1) is 28.6 Å². The summed E-state index contributed by atoms with van der Waals surface area (Å²) in [6.45, 7) is 28.2. The molecule has 0 aromatic heterocycles. The van der Waals surface area contributed by atoms with Crippen LogP contribution in [-0.4, -0.2) is 88.4 Å². The van der Waals surface area contributed by atoms with Gasteiger partial charge in [0.05, 0.1) is 37.4 Å². The minimum atomic E-state index is -0.337. The van der Waals surface area contributed by atoms with E-state index < -0.39 is 0 Å². The predicted octanol–water partition coefficient (Wildman–Crippen LogP) is 6.15. The molecule has 2 aliphatic carbocycles. The molecule has 0 N–H and O–H groups in total. The lowest BCUT2D eigenvalue weighted by atomic mass is 9.84. The van der Waals surface area contributed by atoms with Crippen molar-refractivity contribution in [2.75, 3.05) is 46.2 Å². The number of carbonyl (C=O) groups excluding carboxylic acids is 4. The van der Waals surface area contributed by atoms with Crippen molar-refractivity contribution in [2.45, 2.75) is 105 Å². The van der Waals surface area contributed by atoms with E-state index in [-0.39, 0.29) is 47.6 Å². The Hall–Kier alpha value is -3.79. The molecule has 5 unspecified atom stereocenters. The van der Waals surface area contributed by atoms with Crippen molar-refractivity contribution in [1.82, 2.24) is 0 Å². The SMILES string of the molecule is C=C(C)C(=O)OC1CC2CCC1C2.C=C(C)C(=O)OCC1(CC)COC1.C=C(C)C(=O)OCC1CCCO1.C=C(C)C(=O)OCC1CO1.CC#N. The molecule has 0 aromatic rings. The number of ether oxygens (including phenoxy) is 7. The first kappa shape index (κ1) is 45.2. The van der Waals surface area contributed by atoms with E-state index >= 15 is 0 Å². The number of nitrogens with zero attached hydrogens (tertiary/aromatic N) is 1. The lowest BCUT2D eigenvalue weighted by Gasteiger charge is -2.39. The Kier molecular flexibility index (Phi) is 21.0. The van der Waals surface area contributed by atoms with Gasteiger partial charge in [-0.05, 0) is 84.5 Å². The van der Waals surface area contributed by atoms with Gasteiger partial charge in [0.1, 0.15) is 32.0 Å². The molecule has 51 heavy (non-hydrogen) atoms. The van der Waals surface area contributed by atoms with Crippen LogP contribution in [0.2, 0.25) is 0 Å². The van der Waals surface area contributed by atoms with E-state index in [1.807, 2.05) is 0 Å². The van der Waals surface area contributed by atoms with Gasteiger partial charge in [-0.2, -0.15) is 5.26 Å². The van der Waals surface area contributed by atoms with E-state index in [0.717, 1.165) is 38.2 Å². The van der Waals surface area contributed by atoms with Gasteiger partial charge < -0.3 is 33.2 Å². The molecule has 2 saturated carbocycles. The Morgan fingerprint density at radius 2 is 1.27 bits per heavy atom. The first-order valence-corrected chi connectivity index (χ1v) is 17.5. The van der Waals surface area contributed by atoms with Crippen LogP contribution >= 0.6 is 0 Å². The number of hydrogen-bond donors (Lipinski definition) is 0. The van der Waals surface area contributed by atoms with Crippen molar-refractivity contribution < 1.29 is 52.3 Å². The number of epoxide rings is 1. The highest BCUT2D eigenvalue weighted by atomic mass is 16.6. The molecule has 3 saturated heterocycles. The van der Waals surface area contributed by atoms with E-state index in [0.29, 0.717) is 67.9 Å². The molecule has 3 aliphatic heterocycles. The lowest BCUT2D eigenvalue weighted by molar-refractivity contribution is -0.167. The van der Waals surface area contributed by atoms with Crippen LogP contribution in [0.1, 0.15) is 86.5 Å². The number of hydrogen-bond acceptors (Lipinski definition) is 12. The van der Waals surface area contributed by atoms with Crippen LogP contribution in [0.15, 0.2) is 48.6 Å². The highest BCUT2D eigenvalue weighted by Crippen LogP contribution is 2.46. The third-order valence-electron chi connectivity index (χ3n) is 8.63. The lowest BCUT2D eigenvalue weighted by Crippen LogP contribution is -2.46. The first-order valence-electron chi connectivity index (χ1n) is 17.5. The standard InChI is InChI=1S/C11H16O2.C10H16O3.C9H14O3.C7H10O3.C2H3N/c1-7(2)11(12)13-10-6-8-3-4-9(10)5-8;1-4-10(5-12-6-10)7-13-9(11)8(2)3;1-7(2)9(10)12-6-8-4-3-5-11-8;1-5(2)7(8)10-4-6-3-9-6;1-2-3/h8-10H,1,3-6H2,2H3;2,4-7H2,1,3H3;8H,1,3-6H2,2H3;6H,1,3-4H2,2H3;1H3. The van der Waals surface area contributed by atoms with Crippen LogP contribution in [0.4, 0.5) is 0 Å². The Morgan fingerprint density at radius 3 is 1.63 bits per heavy atom. The van der Waals surface area contributed by atoms with Crippen LogP contribution < -0.4 is 0 Å². The topological polar surface area (TPSA) is 160 Å². The van der Waals surface area contributed by atoms with Crippen molar-refractivity contribution in [3.05, 3.63) is 48.6 Å². The van der Waals surface area contributed by atoms with Gasteiger partial charge in [0.15, 0.2) is 0 Å². The molecule has 0 radical (unpaired) electrons. The van der Waals surface area contributed by atoms with Gasteiger partial charge in [-0.25, -0.2) is 19.2 Å². The average molecular weight is 718 g/mol. The van der Waals surface area contributed by atoms with Gasteiger partial charge >= 0.3 is 23.9 Å². The summed E-state index contributed by atoms with van der Waals surface area (Å²) >= 11 is 0. The molecule has 12 heteroatoms. The summed E-state index contributed by atoms with van der Waals surface area (Å²) in [5.41, 5.74) is 1.91. The fourth-order valence-electron chi connectivity index (χ4n) is 5.21. The van der Waals surface area contributed by atoms with Gasteiger partial charge in [0, 0.05) is 35.8 Å². The molecule has 0 spiro atoms. The fourth-order valence-corrected chi connectivity index (χ4v) is 5.21. The Bertz CT molecular complexity index is 1250. The predicted molar refractivity (Wildman–Crippen MR) is 191 cm³/mol. The van der Waals surface area contributed by atoms with E-state index in [1.54, 1.807) is 33.8 Å². The Balaban J connectivity index is 0.000000332. The summed E-state index contributed by atoms with van der Waals surface area (Å²) < 4.78 is 35.4. The second kappa shape index (κ2) is 23.6. The summed E-state index contributed by atoms with van der Waals surface area (Å²) in [4.78, 5) is 44.0. The van der Waals surface area contributed by atoms with Gasteiger partial charge in [-0.15, -0.1) is 0 Å². The molecule has 3 heterocycles. The molecule has 5 rings (SSSR count). The number of esters is 4. The second-order valence-corrected chi connectivity index (χ2v) is 13.7. The maximum absolute atomic E-state index is 11.3. The van der Waals surface area contributed by atoms with E-state index in [9.17, 15) is 19.2 Å². The van der Waals surface area contributed by atoms with Gasteiger partial charge in [0.2, 0.25) is 0 Å². The summed E-state index contributed by atoms with van der Waals surface area (Å²) in [5, 5.41) is 7.32. The number of fused-ring (bicyclic) bond motifs is 2. The zero-order valence-electron chi connectivity index (χ0n) is 31.6. The van der Waals surface area contributed by atoms with Crippen LogP contribution in [0.3, 0.4) is 0 Å². The molecule has 5 aliphatic rings. The molecule has 2 bridgehead atoms. The van der Waals surface area contributed by atoms with Crippen molar-refractivity contribution in [3.8, 4) is 6.07 Å². The Labute approximate surface area is 304 Å². The van der Waals surface area contributed by atoms with Crippen LogP contribution in [0.5, 0.6) is 0 Å². The smallest absolute Gasteiger partial charge is 0.333 e. The molecule has 286 valence electrons. The largest absolute Gasteiger partial charge is 0.462 e. The van der Waals surface area contributed by atoms with Crippen molar-refractivity contribution in [1.29, 1.82) is 5.26 Å². The summed E-state index contributed by atoms with van der Waals surface area (Å²) in [7, 11) is 0. The van der Waals surface area contributed by atoms with Gasteiger partial charge in [0.25, 0.3) is 0 Å². The molecular formula is C39H59NO11. The zero-order chi connectivity index (χ0) is 38.6. The number of rotatable bonds is 12. The highest BCUT2D eigenvalue weighted by molar-refractivity contribution is 5.88. The van der Waals surface area contributed by atoms with Gasteiger partial charge in [-0.3, -0.25) is 0 Å².